The van der Waals surface area contributed by atoms with E-state index in [0.717, 1.165) is 29.8 Å². The molecular weight excluding hydrogens is 722 g/mol. The van der Waals surface area contributed by atoms with Crippen LogP contribution in [0.3, 0.4) is 0 Å². The molecule has 2 heterocycles. The van der Waals surface area contributed by atoms with Gasteiger partial charge in [-0.2, -0.15) is 0 Å². The topological polar surface area (TPSA) is 184 Å². The Balaban J connectivity index is 0.000000215. The predicted molar refractivity (Wildman–Crippen MR) is 209 cm³/mol. The van der Waals surface area contributed by atoms with E-state index in [2.05, 4.69) is 10.6 Å². The first-order valence-electron chi connectivity index (χ1n) is 18.4. The monoisotopic (exact) mass is 770 g/mol. The molecule has 0 spiro atoms. The number of methoxy groups -OCH3 is 2. The molecule has 0 aromatic heterocycles. The highest BCUT2D eigenvalue weighted by Gasteiger charge is 2.37. The average Bonchev–Trinajstić information content (AvgIpc) is 3.65. The average molecular weight is 770 g/mol. The molecule has 5 N–H and O–H groups in total. The summed E-state index contributed by atoms with van der Waals surface area (Å²) in [6.45, 7) is 6.34. The molecule has 4 aromatic carbocycles. The lowest BCUT2D eigenvalue weighted by molar-refractivity contribution is -0.145. The molecule has 6 rings (SSSR count). The largest absolute Gasteiger partial charge is 0.492 e. The van der Waals surface area contributed by atoms with Crippen molar-refractivity contribution in [3.05, 3.63) is 107 Å². The van der Waals surface area contributed by atoms with Gasteiger partial charge in [0.25, 0.3) is 0 Å². The van der Waals surface area contributed by atoms with Gasteiger partial charge >= 0.3 is 26.2 Å². The molecule has 56 heavy (non-hydrogen) atoms. The number of benzene rings is 4. The van der Waals surface area contributed by atoms with Gasteiger partial charge < -0.3 is 58.8 Å². The first-order valence-corrected chi connectivity index (χ1v) is 18.4. The van der Waals surface area contributed by atoms with Crippen molar-refractivity contribution >= 4 is 37.1 Å². The van der Waals surface area contributed by atoms with Crippen molar-refractivity contribution in [3.8, 4) is 23.0 Å². The number of carbonyl (C=O) groups excluding carboxylic acids is 1. The Hall–Kier alpha value is -4.77. The fourth-order valence-corrected chi connectivity index (χ4v) is 6.22. The van der Waals surface area contributed by atoms with Crippen molar-refractivity contribution in [1.82, 2.24) is 10.6 Å². The van der Waals surface area contributed by atoms with Gasteiger partial charge in [-0.15, -0.1) is 0 Å². The standard InChI is InChI=1S/C21H26BNO6.C19H22BNO6/c1-3-27-21(24)13-20-18-8-7-17(12-19(18)22(25)29-20)28-16-6-4-5-15(11-16)14-23-9-10-26-2;1-25-8-7-21-12-13-3-2-4-14(9-13)26-15-5-6-16-17(10-15)20(24)27-18(16)11-19(22)23/h4-8,11-12,20,23,25H,3,9-10,13-14H2,1-2H3;2-6,9-10,18,21,24H,7-8,11-12H2,1H3,(H,22,23). The molecule has 2 aliphatic heterocycles. The normalized spacial score (nSPS) is 15.4. The second kappa shape index (κ2) is 21.5. The van der Waals surface area contributed by atoms with E-state index in [0.29, 0.717) is 72.4 Å². The molecule has 0 fully saturated rings. The highest BCUT2D eigenvalue weighted by atomic mass is 16.6. The fourth-order valence-electron chi connectivity index (χ4n) is 6.22. The number of esters is 1. The number of hydrogen-bond donors (Lipinski definition) is 5. The third-order valence-corrected chi connectivity index (χ3v) is 8.84. The van der Waals surface area contributed by atoms with Crippen LogP contribution < -0.4 is 31.0 Å². The summed E-state index contributed by atoms with van der Waals surface area (Å²) in [7, 11) is 1.10. The molecule has 2 aliphatic rings. The van der Waals surface area contributed by atoms with Gasteiger partial charge in [0.15, 0.2) is 0 Å². The van der Waals surface area contributed by atoms with Crippen LogP contribution in [0, 0.1) is 0 Å². The van der Waals surface area contributed by atoms with Crippen LogP contribution >= 0.6 is 0 Å². The van der Waals surface area contributed by atoms with E-state index >= 15 is 0 Å². The summed E-state index contributed by atoms with van der Waals surface area (Å²) in [6, 6.07) is 26.0. The zero-order valence-electron chi connectivity index (χ0n) is 31.8. The summed E-state index contributed by atoms with van der Waals surface area (Å²) in [6.07, 6.45) is -1.30. The Labute approximate surface area is 327 Å². The van der Waals surface area contributed by atoms with Crippen LogP contribution in [0.4, 0.5) is 0 Å². The molecule has 4 aromatic rings. The summed E-state index contributed by atoms with van der Waals surface area (Å²) in [5.41, 5.74) is 4.76. The van der Waals surface area contributed by atoms with Crippen molar-refractivity contribution in [2.45, 2.75) is 45.1 Å². The number of rotatable bonds is 19. The maximum absolute atomic E-state index is 11.7. The maximum Gasteiger partial charge on any atom is 0.492 e. The van der Waals surface area contributed by atoms with Gasteiger partial charge in [0.1, 0.15) is 23.0 Å². The maximum atomic E-state index is 11.7. The third kappa shape index (κ3) is 12.4. The quantitative estimate of drug-likeness (QED) is 0.0532. The Bertz CT molecular complexity index is 1900. The van der Waals surface area contributed by atoms with Crippen molar-refractivity contribution in [2.24, 2.45) is 0 Å². The van der Waals surface area contributed by atoms with Crippen LogP contribution in [0.1, 0.15) is 54.2 Å². The molecule has 14 nitrogen and oxygen atoms in total. The molecule has 296 valence electrons. The Morgan fingerprint density at radius 3 is 1.59 bits per heavy atom. The van der Waals surface area contributed by atoms with Crippen molar-refractivity contribution < 1.29 is 57.7 Å². The molecule has 16 heteroatoms. The molecular formula is C40H48B2N2O12. The Kier molecular flexibility index (Phi) is 16.3. The van der Waals surface area contributed by atoms with Crippen LogP contribution in [-0.2, 0) is 46.2 Å². The van der Waals surface area contributed by atoms with E-state index in [1.54, 1.807) is 45.4 Å². The lowest BCUT2D eigenvalue weighted by Crippen LogP contribution is -2.28. The molecule has 2 unspecified atom stereocenters. The van der Waals surface area contributed by atoms with Gasteiger partial charge in [-0.05, 0) is 88.6 Å². The summed E-state index contributed by atoms with van der Waals surface area (Å²) in [5.74, 6) is 1.19. The lowest BCUT2D eigenvalue weighted by Gasteiger charge is -2.12. The van der Waals surface area contributed by atoms with E-state index in [9.17, 15) is 19.6 Å². The number of carboxylic acids is 1. The first-order chi connectivity index (χ1) is 27.2. The summed E-state index contributed by atoms with van der Waals surface area (Å²) in [4.78, 5) is 22.7. The van der Waals surface area contributed by atoms with Gasteiger partial charge in [-0.1, -0.05) is 36.4 Å². The molecule has 0 bridgehead atoms. The summed E-state index contributed by atoms with van der Waals surface area (Å²) >= 11 is 0. The molecule has 0 amide bonds. The number of ether oxygens (including phenoxy) is 5. The molecule has 2 atom stereocenters. The predicted octanol–water partition coefficient (Wildman–Crippen LogP) is 3.38. The van der Waals surface area contributed by atoms with Crippen LogP contribution in [0.25, 0.3) is 0 Å². The second-order valence-electron chi connectivity index (χ2n) is 13.0. The number of fused-ring (bicyclic) bond motifs is 2. The van der Waals surface area contributed by atoms with E-state index in [1.165, 1.54) is 0 Å². The summed E-state index contributed by atoms with van der Waals surface area (Å²) in [5, 5.41) is 35.8. The molecule has 0 radical (unpaired) electrons. The zero-order chi connectivity index (χ0) is 39.9. The highest BCUT2D eigenvalue weighted by molar-refractivity contribution is 6.62. The summed E-state index contributed by atoms with van der Waals surface area (Å²) < 4.78 is 37.7. The fraction of sp³-hybridized carbons (Fsp3) is 0.350. The minimum Gasteiger partial charge on any atom is -0.481 e. The van der Waals surface area contributed by atoms with Gasteiger partial charge in [0.05, 0.1) is 44.9 Å². The van der Waals surface area contributed by atoms with Gasteiger partial charge in [-0.25, -0.2) is 0 Å². The van der Waals surface area contributed by atoms with E-state index in [1.807, 2.05) is 60.7 Å². The lowest BCUT2D eigenvalue weighted by atomic mass is 9.79. The van der Waals surface area contributed by atoms with Crippen LogP contribution in [-0.4, -0.2) is 88.5 Å². The van der Waals surface area contributed by atoms with Crippen molar-refractivity contribution in [2.75, 3.05) is 47.1 Å². The highest BCUT2D eigenvalue weighted by Crippen LogP contribution is 2.32. The van der Waals surface area contributed by atoms with Crippen molar-refractivity contribution in [1.29, 1.82) is 0 Å². The van der Waals surface area contributed by atoms with E-state index in [4.69, 9.17) is 38.1 Å². The van der Waals surface area contributed by atoms with Gasteiger partial charge in [0, 0.05) is 40.4 Å². The van der Waals surface area contributed by atoms with Gasteiger partial charge in [-0.3, -0.25) is 9.59 Å². The second-order valence-corrected chi connectivity index (χ2v) is 13.0. The SMILES string of the molecule is CCOC(=O)CC1OB(O)c2cc(Oc3cccc(CNCCOC)c3)ccc21.COCCNCc1cccc(Oc2ccc3c(c2)B(O)OC3CC(=O)O)c1. The van der Waals surface area contributed by atoms with E-state index < -0.39 is 32.4 Å². The van der Waals surface area contributed by atoms with Crippen LogP contribution in [0.15, 0.2) is 84.9 Å². The number of nitrogens with one attached hydrogen (secondary N) is 2. The molecule has 0 saturated heterocycles. The van der Waals surface area contributed by atoms with Gasteiger partial charge in [0.2, 0.25) is 0 Å². The smallest absolute Gasteiger partial charge is 0.481 e. The Morgan fingerprint density at radius 2 is 1.14 bits per heavy atom. The number of carbonyl (C=O) groups is 2. The van der Waals surface area contributed by atoms with E-state index in [-0.39, 0.29) is 18.8 Å². The number of hydrogen-bond acceptors (Lipinski definition) is 13. The minimum absolute atomic E-state index is 0.0657. The first kappa shape index (κ1) is 42.4. The molecule has 0 aliphatic carbocycles. The van der Waals surface area contributed by atoms with Crippen LogP contribution in [0.2, 0.25) is 0 Å². The third-order valence-electron chi connectivity index (χ3n) is 8.84. The molecule has 0 saturated carbocycles. The number of aliphatic carboxylic acids is 1. The number of carboxylic acid groups (broad SMARTS) is 1. The zero-order valence-corrected chi connectivity index (χ0v) is 31.8. The van der Waals surface area contributed by atoms with Crippen LogP contribution in [0.5, 0.6) is 23.0 Å². The van der Waals surface area contributed by atoms with Crippen molar-refractivity contribution in [3.63, 3.8) is 0 Å². The minimum atomic E-state index is -1.15. The Morgan fingerprint density at radius 1 is 0.679 bits per heavy atom.